The minimum absolute atomic E-state index is 0.0297. The predicted molar refractivity (Wildman–Crippen MR) is 174 cm³/mol. The number of aliphatic hydroxyl groups is 1. The zero-order valence-electron chi connectivity index (χ0n) is 25.9. The van der Waals surface area contributed by atoms with Gasteiger partial charge in [0.15, 0.2) is 11.5 Å². The van der Waals surface area contributed by atoms with E-state index in [2.05, 4.69) is 20.5 Å². The quantitative estimate of drug-likeness (QED) is 0.238. The van der Waals surface area contributed by atoms with E-state index in [0.29, 0.717) is 46.7 Å². The number of nitrogen functional groups attached to an aromatic ring is 1. The highest BCUT2D eigenvalue weighted by molar-refractivity contribution is 6.04. The first-order valence-electron chi connectivity index (χ1n) is 15.1. The third kappa shape index (κ3) is 4.98. The number of rotatable bonds is 7. The normalized spacial score (nSPS) is 14.7. The average Bonchev–Trinajstić information content (AvgIpc) is 3.58. The molecule has 0 spiro atoms. The second kappa shape index (κ2) is 11.5. The Balaban J connectivity index is 1.33. The first-order chi connectivity index (χ1) is 22.6. The molecule has 0 saturated carbocycles. The maximum atomic E-state index is 14.6. The molecule has 1 aliphatic rings. The molecule has 2 atom stereocenters. The van der Waals surface area contributed by atoms with E-state index < -0.39 is 18.1 Å². The van der Waals surface area contributed by atoms with Gasteiger partial charge in [-0.3, -0.25) is 23.6 Å². The molecule has 1 saturated heterocycles. The fraction of sp³-hybridized carbons (Fsp3) is 0.242. The van der Waals surface area contributed by atoms with Crippen LogP contribution in [0.15, 0.2) is 78.0 Å². The summed E-state index contributed by atoms with van der Waals surface area (Å²) in [5.41, 5.74) is 9.53. The van der Waals surface area contributed by atoms with E-state index in [-0.39, 0.29) is 28.8 Å². The van der Waals surface area contributed by atoms with Gasteiger partial charge in [-0.25, -0.2) is 14.5 Å². The van der Waals surface area contributed by atoms with Crippen molar-refractivity contribution in [1.82, 2.24) is 44.1 Å². The Kier molecular flexibility index (Phi) is 7.28. The molecule has 238 valence electrons. The van der Waals surface area contributed by atoms with Gasteiger partial charge in [0.05, 0.1) is 34.5 Å². The Bertz CT molecular complexity index is 2230. The van der Waals surface area contributed by atoms with Gasteiger partial charge in [0.25, 0.3) is 17.4 Å². The van der Waals surface area contributed by atoms with Crippen LogP contribution in [-0.2, 0) is 11.8 Å². The van der Waals surface area contributed by atoms with Crippen LogP contribution in [0.25, 0.3) is 33.4 Å². The number of hydrogen-bond donors (Lipinski definition) is 3. The number of aromatic nitrogens is 7. The maximum absolute atomic E-state index is 14.6. The van der Waals surface area contributed by atoms with Crippen molar-refractivity contribution < 1.29 is 14.7 Å². The third-order valence-corrected chi connectivity index (χ3v) is 8.53. The largest absolute Gasteiger partial charge is 0.384 e. The smallest absolute Gasteiger partial charge is 0.266 e. The van der Waals surface area contributed by atoms with E-state index in [0.717, 1.165) is 11.3 Å². The van der Waals surface area contributed by atoms with Crippen molar-refractivity contribution in [2.24, 2.45) is 7.05 Å². The van der Waals surface area contributed by atoms with Gasteiger partial charge in [-0.2, -0.15) is 5.10 Å². The average molecular weight is 633 g/mol. The van der Waals surface area contributed by atoms with Crippen LogP contribution in [0.2, 0.25) is 0 Å². The van der Waals surface area contributed by atoms with Gasteiger partial charge in [-0.1, -0.05) is 30.3 Å². The summed E-state index contributed by atoms with van der Waals surface area (Å²) in [6.07, 6.45) is 3.85. The Morgan fingerprint density at radius 3 is 2.55 bits per heavy atom. The second-order valence-electron chi connectivity index (χ2n) is 11.7. The van der Waals surface area contributed by atoms with Crippen molar-refractivity contribution >= 4 is 34.2 Å². The van der Waals surface area contributed by atoms with Crippen molar-refractivity contribution in [1.29, 1.82) is 0 Å². The molecule has 14 nitrogen and oxygen atoms in total. The lowest BCUT2D eigenvalue weighted by Gasteiger charge is -2.40. The van der Waals surface area contributed by atoms with Crippen LogP contribution in [-0.4, -0.2) is 74.9 Å². The fourth-order valence-corrected chi connectivity index (χ4v) is 6.28. The standard InChI is InChI=1S/C33H32N10O4/c1-18(37-31(45)26-28(34)39-42-14-8-13-35-30(26)42)29-38-24-12-7-11-22(25(24)33(47)43(29)21-9-5-4-6-10-21)23-15-36-40(3)27(23)20-16-41(17-20)32(46)19(2)44/h4-15,18-20,44H,16-17H2,1-3H3,(H2,34,39)(H,37,45)/t18-,19?/m1/s1. The van der Waals surface area contributed by atoms with E-state index in [9.17, 15) is 19.5 Å². The molecule has 0 bridgehead atoms. The molecular formula is C33H32N10O4. The highest BCUT2D eigenvalue weighted by atomic mass is 16.3. The van der Waals surface area contributed by atoms with Gasteiger partial charge < -0.3 is 21.1 Å². The summed E-state index contributed by atoms with van der Waals surface area (Å²) in [6, 6.07) is 15.5. The van der Waals surface area contributed by atoms with E-state index in [1.165, 1.54) is 16.0 Å². The SMILES string of the molecule is CC(O)C(=O)N1CC(c2c(-c3cccc4nc([C@@H](C)NC(=O)c5c(N)nn6cccnc56)n(-c5ccccc5)c(=O)c34)cnn2C)C1. The molecule has 2 amide bonds. The van der Waals surface area contributed by atoms with Crippen molar-refractivity contribution in [2.75, 3.05) is 18.8 Å². The van der Waals surface area contributed by atoms with Crippen molar-refractivity contribution in [3.05, 3.63) is 101 Å². The van der Waals surface area contributed by atoms with Gasteiger partial charge in [0.2, 0.25) is 0 Å². The molecule has 6 aromatic rings. The molecule has 1 aliphatic heterocycles. The summed E-state index contributed by atoms with van der Waals surface area (Å²) < 4.78 is 4.71. The molecule has 1 fully saturated rings. The lowest BCUT2D eigenvalue weighted by molar-refractivity contribution is -0.143. The number of amides is 2. The Morgan fingerprint density at radius 1 is 1.04 bits per heavy atom. The summed E-state index contributed by atoms with van der Waals surface area (Å²) >= 11 is 0. The summed E-state index contributed by atoms with van der Waals surface area (Å²) in [4.78, 5) is 51.4. The zero-order chi connectivity index (χ0) is 33.0. The highest BCUT2D eigenvalue weighted by Gasteiger charge is 2.37. The highest BCUT2D eigenvalue weighted by Crippen LogP contribution is 2.37. The molecule has 47 heavy (non-hydrogen) atoms. The Labute approximate surface area is 268 Å². The van der Waals surface area contributed by atoms with Crippen LogP contribution in [0, 0.1) is 0 Å². The number of carbonyl (C=O) groups excluding carboxylic acids is 2. The van der Waals surface area contributed by atoms with Crippen LogP contribution in [0.3, 0.4) is 0 Å². The number of carbonyl (C=O) groups is 2. The molecule has 2 aromatic carbocycles. The van der Waals surface area contributed by atoms with Gasteiger partial charge in [0, 0.05) is 49.6 Å². The number of benzene rings is 2. The van der Waals surface area contributed by atoms with Crippen molar-refractivity contribution in [3.8, 4) is 16.8 Å². The molecule has 0 aliphatic carbocycles. The summed E-state index contributed by atoms with van der Waals surface area (Å²) in [5.74, 6) is -0.507. The zero-order valence-corrected chi connectivity index (χ0v) is 25.9. The van der Waals surface area contributed by atoms with Crippen molar-refractivity contribution in [2.45, 2.75) is 31.9 Å². The molecule has 1 unspecified atom stereocenters. The molecule has 4 aromatic heterocycles. The number of anilines is 1. The van der Waals surface area contributed by atoms with Crippen LogP contribution >= 0.6 is 0 Å². The topological polar surface area (TPSA) is 179 Å². The van der Waals surface area contributed by atoms with Crippen molar-refractivity contribution in [3.63, 3.8) is 0 Å². The number of para-hydroxylation sites is 1. The number of hydrogen-bond acceptors (Lipinski definition) is 9. The lowest BCUT2D eigenvalue weighted by Crippen LogP contribution is -2.52. The van der Waals surface area contributed by atoms with E-state index in [4.69, 9.17) is 10.7 Å². The number of aryl methyl sites for hydroxylation is 1. The van der Waals surface area contributed by atoms with E-state index in [1.54, 1.807) is 59.4 Å². The first kappa shape index (κ1) is 29.8. The summed E-state index contributed by atoms with van der Waals surface area (Å²) in [5, 5.41) is 21.8. The fourth-order valence-electron chi connectivity index (χ4n) is 6.28. The van der Waals surface area contributed by atoms with Crippen LogP contribution in [0.1, 0.15) is 47.7 Å². The number of aliphatic hydroxyl groups excluding tert-OH is 1. The Morgan fingerprint density at radius 2 is 1.81 bits per heavy atom. The number of likely N-dealkylation sites (tertiary alicyclic amines) is 1. The monoisotopic (exact) mass is 632 g/mol. The lowest BCUT2D eigenvalue weighted by atomic mass is 9.89. The minimum Gasteiger partial charge on any atom is -0.384 e. The van der Waals surface area contributed by atoms with Crippen LogP contribution in [0.4, 0.5) is 5.82 Å². The minimum atomic E-state index is -1.07. The number of nitrogens with two attached hydrogens (primary N) is 1. The van der Waals surface area contributed by atoms with Crippen LogP contribution < -0.4 is 16.6 Å². The Hall–Kier alpha value is -5.89. The molecule has 7 rings (SSSR count). The van der Waals surface area contributed by atoms with Gasteiger partial charge >= 0.3 is 0 Å². The molecule has 0 radical (unpaired) electrons. The number of fused-ring (bicyclic) bond motifs is 2. The molecular weight excluding hydrogens is 600 g/mol. The van der Waals surface area contributed by atoms with Gasteiger partial charge in [-0.05, 0) is 38.1 Å². The van der Waals surface area contributed by atoms with E-state index in [1.807, 2.05) is 37.4 Å². The molecule has 5 heterocycles. The number of nitrogens with zero attached hydrogens (tertiary/aromatic N) is 8. The second-order valence-corrected chi connectivity index (χ2v) is 11.7. The third-order valence-electron chi connectivity index (χ3n) is 8.53. The van der Waals surface area contributed by atoms with Gasteiger partial charge in [0.1, 0.15) is 17.5 Å². The first-order valence-corrected chi connectivity index (χ1v) is 15.1. The van der Waals surface area contributed by atoms with E-state index >= 15 is 0 Å². The number of nitrogens with one attached hydrogen (secondary N) is 1. The van der Waals surface area contributed by atoms with Gasteiger partial charge in [-0.15, -0.1) is 5.10 Å². The molecule has 14 heteroatoms. The summed E-state index contributed by atoms with van der Waals surface area (Å²) in [7, 11) is 1.83. The molecule has 4 N–H and O–H groups in total. The van der Waals surface area contributed by atoms with Crippen LogP contribution in [0.5, 0.6) is 0 Å². The predicted octanol–water partition coefficient (Wildman–Crippen LogP) is 2.21. The maximum Gasteiger partial charge on any atom is 0.266 e. The summed E-state index contributed by atoms with van der Waals surface area (Å²) in [6.45, 7) is 4.07.